The molecule has 0 aromatic heterocycles. The standard InChI is InChI=1S/C20H29NO4/c1-13(2)17-10-9-14(3)11-19(17)25-20(22)15(4)12-16-7-5-6-8-18(16)21(23)24/h5-8,13-15,17,19H,9-12H2,1-4H3/t14-,15+,17+,19-/m1/s1. The molecule has 0 spiro atoms. The summed E-state index contributed by atoms with van der Waals surface area (Å²) in [5.74, 6) is 0.807. The van der Waals surface area contributed by atoms with E-state index in [1.807, 2.05) is 0 Å². The van der Waals surface area contributed by atoms with E-state index in [-0.39, 0.29) is 17.8 Å². The number of carbonyl (C=O) groups is 1. The van der Waals surface area contributed by atoms with Crippen LogP contribution in [0, 0.1) is 33.8 Å². The Morgan fingerprint density at radius 3 is 2.60 bits per heavy atom. The maximum absolute atomic E-state index is 12.6. The Morgan fingerprint density at radius 2 is 1.96 bits per heavy atom. The smallest absolute Gasteiger partial charge is 0.309 e. The van der Waals surface area contributed by atoms with Gasteiger partial charge in [0.1, 0.15) is 6.10 Å². The molecule has 1 aromatic carbocycles. The minimum absolute atomic E-state index is 0.0375. The number of carbonyl (C=O) groups excluding carboxylic acids is 1. The molecule has 0 N–H and O–H groups in total. The summed E-state index contributed by atoms with van der Waals surface area (Å²) >= 11 is 0. The van der Waals surface area contributed by atoms with Crippen LogP contribution in [0.25, 0.3) is 0 Å². The molecule has 0 bridgehead atoms. The van der Waals surface area contributed by atoms with Crippen molar-refractivity contribution in [2.24, 2.45) is 23.7 Å². The van der Waals surface area contributed by atoms with Gasteiger partial charge in [-0.3, -0.25) is 14.9 Å². The molecule has 1 fully saturated rings. The maximum atomic E-state index is 12.6. The van der Waals surface area contributed by atoms with Crippen molar-refractivity contribution in [1.82, 2.24) is 0 Å². The lowest BCUT2D eigenvalue weighted by molar-refractivity contribution is -0.385. The van der Waals surface area contributed by atoms with Crippen molar-refractivity contribution < 1.29 is 14.5 Å². The van der Waals surface area contributed by atoms with Crippen molar-refractivity contribution in [1.29, 1.82) is 0 Å². The lowest BCUT2D eigenvalue weighted by Crippen LogP contribution is -2.37. The molecular formula is C20H29NO4. The molecule has 0 amide bonds. The second-order valence-electron chi connectivity index (χ2n) is 7.79. The molecule has 4 atom stereocenters. The molecule has 2 rings (SSSR count). The molecule has 1 saturated carbocycles. The van der Waals surface area contributed by atoms with Crippen molar-refractivity contribution in [2.75, 3.05) is 0 Å². The molecule has 0 heterocycles. The number of nitro benzene ring substituents is 1. The number of para-hydroxylation sites is 1. The topological polar surface area (TPSA) is 69.4 Å². The minimum atomic E-state index is -0.398. The SMILES string of the molecule is CC(C)[C@@H]1CC[C@@H](C)C[C@H]1OC(=O)[C@@H](C)Cc1ccccc1[N+](=O)[O-]. The number of ether oxygens (including phenoxy) is 1. The van der Waals surface area contributed by atoms with Gasteiger partial charge in [0.2, 0.25) is 0 Å². The first-order valence-corrected chi connectivity index (χ1v) is 9.22. The van der Waals surface area contributed by atoms with Crippen LogP contribution in [0.1, 0.15) is 52.5 Å². The van der Waals surface area contributed by atoms with E-state index in [9.17, 15) is 14.9 Å². The fourth-order valence-electron chi connectivity index (χ4n) is 3.79. The van der Waals surface area contributed by atoms with Crippen molar-refractivity contribution in [3.8, 4) is 0 Å². The molecule has 0 unspecified atom stereocenters. The lowest BCUT2D eigenvalue weighted by atomic mass is 9.75. The monoisotopic (exact) mass is 347 g/mol. The molecule has 5 heteroatoms. The molecule has 0 radical (unpaired) electrons. The quantitative estimate of drug-likeness (QED) is 0.422. The number of benzene rings is 1. The van der Waals surface area contributed by atoms with Crippen LogP contribution in [-0.4, -0.2) is 17.0 Å². The third kappa shape index (κ3) is 5.03. The highest BCUT2D eigenvalue weighted by atomic mass is 16.6. The van der Waals surface area contributed by atoms with Gasteiger partial charge in [-0.15, -0.1) is 0 Å². The van der Waals surface area contributed by atoms with Gasteiger partial charge in [-0.25, -0.2) is 0 Å². The van der Waals surface area contributed by atoms with E-state index in [1.54, 1.807) is 25.1 Å². The minimum Gasteiger partial charge on any atom is -0.462 e. The summed E-state index contributed by atoms with van der Waals surface area (Å²) in [4.78, 5) is 23.3. The van der Waals surface area contributed by atoms with Crippen LogP contribution >= 0.6 is 0 Å². The fraction of sp³-hybridized carbons (Fsp3) is 0.650. The van der Waals surface area contributed by atoms with E-state index in [0.29, 0.717) is 29.7 Å². The second kappa shape index (κ2) is 8.45. The Hall–Kier alpha value is -1.91. The van der Waals surface area contributed by atoms with Gasteiger partial charge in [0.15, 0.2) is 0 Å². The fourth-order valence-corrected chi connectivity index (χ4v) is 3.79. The van der Waals surface area contributed by atoms with E-state index >= 15 is 0 Å². The zero-order chi connectivity index (χ0) is 18.6. The average molecular weight is 347 g/mol. The Kier molecular flexibility index (Phi) is 6.57. The van der Waals surface area contributed by atoms with Crippen molar-refractivity contribution in [3.63, 3.8) is 0 Å². The van der Waals surface area contributed by atoms with Crippen LogP contribution in [0.4, 0.5) is 5.69 Å². The molecule has 0 saturated heterocycles. The molecule has 0 aliphatic heterocycles. The normalized spacial score (nSPS) is 24.8. The number of rotatable bonds is 6. The molecule has 1 aliphatic carbocycles. The Morgan fingerprint density at radius 1 is 1.28 bits per heavy atom. The van der Waals surface area contributed by atoms with E-state index in [4.69, 9.17) is 4.74 Å². The highest BCUT2D eigenvalue weighted by Gasteiger charge is 2.34. The van der Waals surface area contributed by atoms with Gasteiger partial charge >= 0.3 is 5.97 Å². The molecule has 138 valence electrons. The number of hydrogen-bond acceptors (Lipinski definition) is 4. The summed E-state index contributed by atoms with van der Waals surface area (Å²) in [5.41, 5.74) is 0.642. The van der Waals surface area contributed by atoms with Crippen LogP contribution in [0.15, 0.2) is 24.3 Å². The maximum Gasteiger partial charge on any atom is 0.309 e. The van der Waals surface area contributed by atoms with Crippen LogP contribution in [0.2, 0.25) is 0 Å². The lowest BCUT2D eigenvalue weighted by Gasteiger charge is -2.37. The Balaban J connectivity index is 2.03. The van der Waals surface area contributed by atoms with Gasteiger partial charge in [-0.2, -0.15) is 0 Å². The summed E-state index contributed by atoms with van der Waals surface area (Å²) in [6.45, 7) is 8.35. The van der Waals surface area contributed by atoms with Gasteiger partial charge in [0.05, 0.1) is 10.8 Å². The first kappa shape index (κ1) is 19.4. The number of nitro groups is 1. The number of hydrogen-bond donors (Lipinski definition) is 0. The first-order chi connectivity index (χ1) is 11.8. The van der Waals surface area contributed by atoms with Crippen molar-refractivity contribution >= 4 is 11.7 Å². The Labute approximate surface area is 149 Å². The third-order valence-corrected chi connectivity index (χ3v) is 5.35. The van der Waals surface area contributed by atoms with Gasteiger partial charge < -0.3 is 4.74 Å². The molecule has 25 heavy (non-hydrogen) atoms. The predicted octanol–water partition coefficient (Wildman–Crippen LogP) is 4.78. The third-order valence-electron chi connectivity index (χ3n) is 5.35. The molecular weight excluding hydrogens is 318 g/mol. The Bertz CT molecular complexity index is 613. The average Bonchev–Trinajstić information content (AvgIpc) is 2.54. The van der Waals surface area contributed by atoms with Crippen LogP contribution in [0.5, 0.6) is 0 Å². The van der Waals surface area contributed by atoms with Gasteiger partial charge in [-0.1, -0.05) is 52.3 Å². The van der Waals surface area contributed by atoms with E-state index in [0.717, 1.165) is 12.8 Å². The zero-order valence-electron chi connectivity index (χ0n) is 15.6. The van der Waals surface area contributed by atoms with E-state index in [2.05, 4.69) is 20.8 Å². The number of esters is 1. The van der Waals surface area contributed by atoms with Gasteiger partial charge in [0, 0.05) is 11.6 Å². The summed E-state index contributed by atoms with van der Waals surface area (Å²) in [5, 5.41) is 11.1. The number of nitrogens with zero attached hydrogens (tertiary/aromatic N) is 1. The zero-order valence-corrected chi connectivity index (χ0v) is 15.6. The largest absolute Gasteiger partial charge is 0.462 e. The van der Waals surface area contributed by atoms with Crippen molar-refractivity contribution in [2.45, 2.75) is 59.5 Å². The van der Waals surface area contributed by atoms with Crippen LogP contribution in [0.3, 0.4) is 0 Å². The van der Waals surface area contributed by atoms with E-state index < -0.39 is 10.8 Å². The highest BCUT2D eigenvalue weighted by Crippen LogP contribution is 2.36. The van der Waals surface area contributed by atoms with Crippen LogP contribution in [-0.2, 0) is 16.0 Å². The van der Waals surface area contributed by atoms with Gasteiger partial charge in [0.25, 0.3) is 5.69 Å². The predicted molar refractivity (Wildman–Crippen MR) is 97.2 cm³/mol. The van der Waals surface area contributed by atoms with Crippen molar-refractivity contribution in [3.05, 3.63) is 39.9 Å². The second-order valence-corrected chi connectivity index (χ2v) is 7.79. The summed E-state index contributed by atoms with van der Waals surface area (Å²) in [6, 6.07) is 6.59. The summed E-state index contributed by atoms with van der Waals surface area (Å²) in [6.07, 6.45) is 3.47. The molecule has 1 aromatic rings. The summed E-state index contributed by atoms with van der Waals surface area (Å²) < 4.78 is 5.86. The van der Waals surface area contributed by atoms with Crippen LogP contribution < -0.4 is 0 Å². The first-order valence-electron chi connectivity index (χ1n) is 9.22. The van der Waals surface area contributed by atoms with Gasteiger partial charge in [-0.05, 0) is 37.0 Å². The molecule has 1 aliphatic rings. The highest BCUT2D eigenvalue weighted by molar-refractivity contribution is 5.73. The van der Waals surface area contributed by atoms with E-state index in [1.165, 1.54) is 12.5 Å². The molecule has 5 nitrogen and oxygen atoms in total. The summed E-state index contributed by atoms with van der Waals surface area (Å²) in [7, 11) is 0.